The van der Waals surface area contributed by atoms with Crippen molar-refractivity contribution in [3.8, 4) is 22.9 Å². The highest BCUT2D eigenvalue weighted by molar-refractivity contribution is 5.88. The lowest BCUT2D eigenvalue weighted by Crippen LogP contribution is -1.97. The molecule has 0 aliphatic heterocycles. The van der Waals surface area contributed by atoms with Crippen LogP contribution in [0, 0.1) is 0 Å². The van der Waals surface area contributed by atoms with Crippen molar-refractivity contribution < 1.29 is 19.4 Å². The molecule has 5 nitrogen and oxygen atoms in total. The number of methoxy groups -OCH3 is 2. The monoisotopic (exact) mass is 259 g/mol. The van der Waals surface area contributed by atoms with Crippen LogP contribution in [0.15, 0.2) is 36.4 Å². The summed E-state index contributed by atoms with van der Waals surface area (Å²) in [5.41, 5.74) is 1.85. The van der Waals surface area contributed by atoms with Gasteiger partial charge in [-0.1, -0.05) is 12.1 Å². The van der Waals surface area contributed by atoms with Crippen molar-refractivity contribution in [1.29, 1.82) is 0 Å². The fourth-order valence-corrected chi connectivity index (χ4v) is 1.70. The number of aromatic carboxylic acids is 1. The fraction of sp³-hybridized carbons (Fsp3) is 0.143. The van der Waals surface area contributed by atoms with E-state index in [-0.39, 0.29) is 5.56 Å². The minimum Gasteiger partial charge on any atom is -0.481 e. The van der Waals surface area contributed by atoms with E-state index >= 15 is 0 Å². The summed E-state index contributed by atoms with van der Waals surface area (Å²) in [6.45, 7) is 0. The lowest BCUT2D eigenvalue weighted by Gasteiger charge is -2.09. The molecule has 0 amide bonds. The third kappa shape index (κ3) is 2.65. The Bertz CT molecular complexity index is 593. The van der Waals surface area contributed by atoms with Crippen LogP contribution in [0.1, 0.15) is 10.4 Å². The molecular formula is C14H13NO4. The van der Waals surface area contributed by atoms with Gasteiger partial charge in [-0.2, -0.15) is 4.98 Å². The average Bonchev–Trinajstić information content (AvgIpc) is 2.46. The van der Waals surface area contributed by atoms with Gasteiger partial charge in [0.15, 0.2) is 0 Å². The number of hydrogen-bond acceptors (Lipinski definition) is 4. The molecule has 0 atom stereocenters. The van der Waals surface area contributed by atoms with Crippen molar-refractivity contribution in [2.45, 2.75) is 0 Å². The van der Waals surface area contributed by atoms with Gasteiger partial charge in [-0.25, -0.2) is 4.79 Å². The molecule has 0 saturated carbocycles. The number of ether oxygens (including phenoxy) is 2. The molecule has 0 aliphatic carbocycles. The summed E-state index contributed by atoms with van der Waals surface area (Å²) >= 11 is 0. The van der Waals surface area contributed by atoms with Gasteiger partial charge < -0.3 is 14.6 Å². The number of hydrogen-bond donors (Lipinski definition) is 1. The molecule has 0 radical (unpaired) electrons. The molecule has 98 valence electrons. The molecule has 0 fully saturated rings. The summed E-state index contributed by atoms with van der Waals surface area (Å²) in [6.07, 6.45) is 0. The minimum atomic E-state index is -0.952. The maximum Gasteiger partial charge on any atom is 0.335 e. The predicted molar refractivity (Wildman–Crippen MR) is 69.7 cm³/mol. The number of carboxylic acids is 1. The third-order valence-corrected chi connectivity index (χ3v) is 2.68. The van der Waals surface area contributed by atoms with E-state index < -0.39 is 5.97 Å². The maximum absolute atomic E-state index is 10.8. The van der Waals surface area contributed by atoms with Crippen LogP contribution in [-0.2, 0) is 0 Å². The number of rotatable bonds is 4. The van der Waals surface area contributed by atoms with Crippen molar-refractivity contribution in [1.82, 2.24) is 4.98 Å². The Hall–Kier alpha value is -2.56. The van der Waals surface area contributed by atoms with Crippen molar-refractivity contribution in [3.63, 3.8) is 0 Å². The lowest BCUT2D eigenvalue weighted by molar-refractivity contribution is 0.0697. The van der Waals surface area contributed by atoms with Gasteiger partial charge in [-0.3, -0.25) is 0 Å². The highest BCUT2D eigenvalue weighted by atomic mass is 16.5. The highest BCUT2D eigenvalue weighted by Crippen LogP contribution is 2.30. The molecule has 0 saturated heterocycles. The van der Waals surface area contributed by atoms with Crippen molar-refractivity contribution in [2.24, 2.45) is 0 Å². The molecular weight excluding hydrogens is 246 g/mol. The highest BCUT2D eigenvalue weighted by Gasteiger charge is 2.10. The van der Waals surface area contributed by atoms with Gasteiger partial charge in [0, 0.05) is 11.6 Å². The summed E-state index contributed by atoms with van der Waals surface area (Å²) in [6, 6.07) is 10.1. The van der Waals surface area contributed by atoms with Crippen LogP contribution >= 0.6 is 0 Å². The summed E-state index contributed by atoms with van der Waals surface area (Å²) in [5.74, 6) is -0.0587. The van der Waals surface area contributed by atoms with Gasteiger partial charge in [-0.15, -0.1) is 0 Å². The standard InChI is InChI=1S/C14H13NO4/c1-18-12-8-7-11(13(15-12)19-2)9-3-5-10(6-4-9)14(16)17/h3-8H,1-2H3,(H,16,17). The topological polar surface area (TPSA) is 68.7 Å². The average molecular weight is 259 g/mol. The molecule has 0 unspecified atom stereocenters. The smallest absolute Gasteiger partial charge is 0.335 e. The largest absolute Gasteiger partial charge is 0.481 e. The Morgan fingerprint density at radius 3 is 2.26 bits per heavy atom. The number of carbonyl (C=O) groups is 1. The Morgan fingerprint density at radius 1 is 1.05 bits per heavy atom. The minimum absolute atomic E-state index is 0.240. The zero-order valence-corrected chi connectivity index (χ0v) is 10.6. The molecule has 5 heteroatoms. The first-order valence-corrected chi connectivity index (χ1v) is 5.58. The molecule has 0 aliphatic rings. The van der Waals surface area contributed by atoms with Crippen LogP contribution in [0.4, 0.5) is 0 Å². The van der Waals surface area contributed by atoms with Crippen molar-refractivity contribution in [2.75, 3.05) is 14.2 Å². The van der Waals surface area contributed by atoms with Crippen LogP contribution in [0.2, 0.25) is 0 Å². The number of benzene rings is 1. The first kappa shape index (κ1) is 12.9. The first-order chi connectivity index (χ1) is 9.15. The van der Waals surface area contributed by atoms with E-state index in [1.807, 2.05) is 6.07 Å². The summed E-state index contributed by atoms with van der Waals surface area (Å²) in [4.78, 5) is 15.0. The molecule has 0 bridgehead atoms. The molecule has 1 N–H and O–H groups in total. The maximum atomic E-state index is 10.8. The van der Waals surface area contributed by atoms with E-state index in [2.05, 4.69) is 4.98 Å². The zero-order chi connectivity index (χ0) is 13.8. The summed E-state index contributed by atoms with van der Waals surface area (Å²) < 4.78 is 10.2. The summed E-state index contributed by atoms with van der Waals surface area (Å²) in [7, 11) is 3.06. The van der Waals surface area contributed by atoms with E-state index in [1.54, 1.807) is 30.3 Å². The van der Waals surface area contributed by atoms with E-state index in [1.165, 1.54) is 14.2 Å². The van der Waals surface area contributed by atoms with E-state index in [0.29, 0.717) is 11.8 Å². The van der Waals surface area contributed by atoms with Crippen molar-refractivity contribution >= 4 is 5.97 Å². The SMILES string of the molecule is COc1ccc(-c2ccc(C(=O)O)cc2)c(OC)n1. The van der Waals surface area contributed by atoms with Gasteiger partial charge in [0.2, 0.25) is 11.8 Å². The van der Waals surface area contributed by atoms with Gasteiger partial charge in [0.05, 0.1) is 19.8 Å². The number of carboxylic acid groups (broad SMARTS) is 1. The van der Waals surface area contributed by atoms with Crippen LogP contribution in [0.25, 0.3) is 11.1 Å². The van der Waals surface area contributed by atoms with Crippen molar-refractivity contribution in [3.05, 3.63) is 42.0 Å². The molecule has 2 rings (SSSR count). The molecule has 2 aromatic rings. The van der Waals surface area contributed by atoms with Gasteiger partial charge >= 0.3 is 5.97 Å². The zero-order valence-electron chi connectivity index (χ0n) is 10.6. The van der Waals surface area contributed by atoms with E-state index in [0.717, 1.165) is 11.1 Å². The third-order valence-electron chi connectivity index (χ3n) is 2.68. The van der Waals surface area contributed by atoms with Gasteiger partial charge in [0.1, 0.15) is 0 Å². The fourth-order valence-electron chi connectivity index (χ4n) is 1.70. The molecule has 1 heterocycles. The second-order valence-electron chi connectivity index (χ2n) is 3.79. The molecule has 0 spiro atoms. The molecule has 1 aromatic carbocycles. The molecule has 1 aromatic heterocycles. The second-order valence-corrected chi connectivity index (χ2v) is 3.79. The summed E-state index contributed by atoms with van der Waals surface area (Å²) in [5, 5.41) is 8.86. The number of aromatic nitrogens is 1. The lowest BCUT2D eigenvalue weighted by atomic mass is 10.1. The van der Waals surface area contributed by atoms with Gasteiger partial charge in [0.25, 0.3) is 0 Å². The Kier molecular flexibility index (Phi) is 3.66. The quantitative estimate of drug-likeness (QED) is 0.913. The second kappa shape index (κ2) is 5.39. The number of nitrogens with zero attached hydrogens (tertiary/aromatic N) is 1. The van der Waals surface area contributed by atoms with Crippen LogP contribution < -0.4 is 9.47 Å². The normalized spacial score (nSPS) is 10.0. The number of pyridine rings is 1. The first-order valence-electron chi connectivity index (χ1n) is 5.58. The molecule has 19 heavy (non-hydrogen) atoms. The van der Waals surface area contributed by atoms with Crippen LogP contribution in [0.5, 0.6) is 11.8 Å². The van der Waals surface area contributed by atoms with Gasteiger partial charge in [-0.05, 0) is 23.8 Å². The Morgan fingerprint density at radius 2 is 1.74 bits per heavy atom. The Labute approximate surface area is 110 Å². The van der Waals surface area contributed by atoms with E-state index in [9.17, 15) is 4.79 Å². The van der Waals surface area contributed by atoms with Crippen LogP contribution in [-0.4, -0.2) is 30.3 Å². The van der Waals surface area contributed by atoms with Crippen LogP contribution in [0.3, 0.4) is 0 Å². The Balaban J connectivity index is 2.43. The van der Waals surface area contributed by atoms with E-state index in [4.69, 9.17) is 14.6 Å². The predicted octanol–water partition coefficient (Wildman–Crippen LogP) is 2.46.